The first kappa shape index (κ1) is 24.6. The van der Waals surface area contributed by atoms with Gasteiger partial charge < -0.3 is 26.1 Å². The third kappa shape index (κ3) is 4.98. The molecule has 8 nitrogen and oxygen atoms in total. The van der Waals surface area contributed by atoms with Crippen LogP contribution in [0.25, 0.3) is 11.3 Å². The molecule has 1 saturated carbocycles. The number of nitrogens with two attached hydrogens (primary N) is 2. The van der Waals surface area contributed by atoms with Gasteiger partial charge in [-0.1, -0.05) is 5.16 Å². The summed E-state index contributed by atoms with van der Waals surface area (Å²) in [7, 11) is 0. The molecule has 0 unspecified atom stereocenters. The first-order valence-corrected chi connectivity index (χ1v) is 10.4. The molecule has 2 aliphatic rings. The van der Waals surface area contributed by atoms with Crippen LogP contribution in [0.3, 0.4) is 0 Å². The van der Waals surface area contributed by atoms with Crippen molar-refractivity contribution in [2.45, 2.75) is 57.1 Å². The molecule has 1 aromatic heterocycles. The van der Waals surface area contributed by atoms with Crippen LogP contribution in [0.1, 0.15) is 50.7 Å². The minimum absolute atomic E-state index is 0. The molecular formula is C22H28KN5O3. The smallest absolute Gasteiger partial charge is 0.852 e. The van der Waals surface area contributed by atoms with Crippen LogP contribution in [-0.4, -0.2) is 41.0 Å². The average molecular weight is 450 g/mol. The zero-order valence-corrected chi connectivity index (χ0v) is 21.6. The Kier molecular flexibility index (Phi) is 8.12. The van der Waals surface area contributed by atoms with Crippen LogP contribution < -0.4 is 72.7 Å². The van der Waals surface area contributed by atoms with Crippen molar-refractivity contribution < 1.29 is 66.1 Å². The Hall–Kier alpha value is -1.07. The van der Waals surface area contributed by atoms with E-state index in [1.807, 2.05) is 32.0 Å². The zero-order chi connectivity index (χ0) is 21.3. The maximum absolute atomic E-state index is 10.9. The Morgan fingerprint density at radius 2 is 1.90 bits per heavy atom. The molecule has 1 heterocycles. The van der Waals surface area contributed by atoms with E-state index in [0.29, 0.717) is 11.5 Å². The molecule has 4 rings (SSSR count). The Labute approximate surface area is 225 Å². The second-order valence-corrected chi connectivity index (χ2v) is 8.45. The van der Waals surface area contributed by atoms with Crippen LogP contribution in [-0.2, 0) is 10.3 Å². The van der Waals surface area contributed by atoms with Crippen molar-refractivity contribution in [3.8, 4) is 17.0 Å². The molecule has 0 amide bonds. The van der Waals surface area contributed by atoms with Gasteiger partial charge in [0.1, 0.15) is 24.5 Å². The van der Waals surface area contributed by atoms with Gasteiger partial charge in [-0.05, 0) is 57.7 Å². The zero-order valence-electron chi connectivity index (χ0n) is 18.4. The molecule has 0 spiro atoms. The summed E-state index contributed by atoms with van der Waals surface area (Å²) in [6, 6.07) is 6.17. The molecule has 4 N–H and O–H groups in total. The van der Waals surface area contributed by atoms with Gasteiger partial charge in [0.2, 0.25) is 0 Å². The molecule has 1 aromatic carbocycles. The van der Waals surface area contributed by atoms with E-state index in [-0.39, 0.29) is 76.7 Å². The monoisotopic (exact) mass is 449 g/mol. The molecule has 0 radical (unpaired) electrons. The predicted octanol–water partition coefficient (Wildman–Crippen LogP) is -1.25. The van der Waals surface area contributed by atoms with Crippen molar-refractivity contribution in [1.82, 2.24) is 9.97 Å². The largest absolute Gasteiger partial charge is 1.00 e. The van der Waals surface area contributed by atoms with E-state index < -0.39 is 5.41 Å². The van der Waals surface area contributed by atoms with Crippen molar-refractivity contribution >= 4 is 11.5 Å². The second kappa shape index (κ2) is 10.2. The second-order valence-electron chi connectivity index (χ2n) is 8.45. The number of ether oxygens (including phenoxy) is 1. The van der Waals surface area contributed by atoms with Crippen molar-refractivity contribution in [2.24, 2.45) is 10.9 Å². The van der Waals surface area contributed by atoms with Gasteiger partial charge in [0.15, 0.2) is 0 Å². The Balaban J connectivity index is 0.00000272. The van der Waals surface area contributed by atoms with Gasteiger partial charge in [-0.3, -0.25) is 0 Å². The molecule has 2 aliphatic carbocycles. The van der Waals surface area contributed by atoms with Crippen LogP contribution in [0.2, 0.25) is 0 Å². The van der Waals surface area contributed by atoms with Crippen LogP contribution >= 0.6 is 0 Å². The number of fused-ring (bicyclic) bond motifs is 3. The first-order valence-electron chi connectivity index (χ1n) is 10.4. The topological polar surface area (TPSA) is 132 Å². The summed E-state index contributed by atoms with van der Waals surface area (Å²) in [5.41, 5.74) is 15.6. The van der Waals surface area contributed by atoms with Crippen molar-refractivity contribution in [3.05, 3.63) is 35.7 Å². The van der Waals surface area contributed by atoms with Crippen molar-refractivity contribution in [1.29, 1.82) is 0 Å². The van der Waals surface area contributed by atoms with Crippen LogP contribution in [0.4, 0.5) is 5.82 Å². The minimum Gasteiger partial charge on any atom is -0.852 e. The average Bonchev–Trinajstić information content (AvgIpc) is 2.72. The van der Waals surface area contributed by atoms with Crippen LogP contribution in [0, 0.1) is 0 Å². The number of hydrogen-bond donors (Lipinski definition) is 2. The number of oxime groups is 1. The summed E-state index contributed by atoms with van der Waals surface area (Å²) in [6.45, 7) is 3.65. The number of benzene rings is 1. The summed E-state index contributed by atoms with van der Waals surface area (Å²) in [4.78, 5) is 14.0. The fourth-order valence-corrected chi connectivity index (χ4v) is 4.38. The summed E-state index contributed by atoms with van der Waals surface area (Å²) in [6.07, 6.45) is 5.47. The number of aromatic nitrogens is 2. The summed E-state index contributed by atoms with van der Waals surface area (Å²) in [5, 5.41) is 15.2. The third-order valence-corrected chi connectivity index (χ3v) is 5.95. The molecule has 0 saturated heterocycles. The maximum Gasteiger partial charge on any atom is 1.00 e. The van der Waals surface area contributed by atoms with E-state index in [1.54, 1.807) is 0 Å². The molecule has 0 bridgehead atoms. The fraction of sp³-hybridized carbons (Fsp3) is 0.500. The van der Waals surface area contributed by atoms with Gasteiger partial charge in [0, 0.05) is 28.1 Å². The van der Waals surface area contributed by atoms with Crippen molar-refractivity contribution in [3.63, 3.8) is 0 Å². The number of hydrogen-bond acceptors (Lipinski definition) is 8. The van der Waals surface area contributed by atoms with Gasteiger partial charge >= 0.3 is 51.4 Å². The van der Waals surface area contributed by atoms with E-state index in [1.165, 1.54) is 6.33 Å². The molecular weight excluding hydrogens is 421 g/mol. The van der Waals surface area contributed by atoms with Crippen molar-refractivity contribution in [2.75, 3.05) is 18.9 Å². The SMILES string of the molecule is CC1(C)/C(=N/OCC[O-])c2cc(OC3CCC(N)CC3)ccc2-c2ncnc(N)c21.[K+]. The third-order valence-electron chi connectivity index (χ3n) is 5.95. The van der Waals surface area contributed by atoms with Gasteiger partial charge in [-0.2, -0.15) is 0 Å². The number of nitrogens with zero attached hydrogens (tertiary/aromatic N) is 3. The van der Waals surface area contributed by atoms with Gasteiger partial charge in [-0.15, -0.1) is 6.61 Å². The minimum atomic E-state index is -0.604. The molecule has 9 heteroatoms. The van der Waals surface area contributed by atoms with E-state index in [9.17, 15) is 5.11 Å². The van der Waals surface area contributed by atoms with E-state index in [0.717, 1.165) is 53.8 Å². The normalized spacial score (nSPS) is 22.8. The molecule has 31 heavy (non-hydrogen) atoms. The Bertz CT molecular complexity index is 958. The maximum atomic E-state index is 10.9. The molecule has 1 fully saturated rings. The van der Waals surface area contributed by atoms with E-state index in [2.05, 4.69) is 15.1 Å². The molecule has 160 valence electrons. The van der Waals surface area contributed by atoms with Gasteiger partial charge in [-0.25, -0.2) is 9.97 Å². The molecule has 0 aliphatic heterocycles. The summed E-state index contributed by atoms with van der Waals surface area (Å²) >= 11 is 0. The number of nitrogen functional groups attached to an aromatic ring is 1. The summed E-state index contributed by atoms with van der Waals surface area (Å²) in [5.74, 6) is 1.18. The van der Waals surface area contributed by atoms with E-state index >= 15 is 0 Å². The van der Waals surface area contributed by atoms with E-state index in [4.69, 9.17) is 21.0 Å². The molecule has 2 aromatic rings. The van der Waals surface area contributed by atoms with Gasteiger partial charge in [0.05, 0.1) is 17.5 Å². The predicted molar refractivity (Wildman–Crippen MR) is 113 cm³/mol. The Morgan fingerprint density at radius 3 is 2.61 bits per heavy atom. The summed E-state index contributed by atoms with van der Waals surface area (Å²) < 4.78 is 6.26. The van der Waals surface area contributed by atoms with Gasteiger partial charge in [0.25, 0.3) is 0 Å². The number of rotatable bonds is 5. The fourth-order valence-electron chi connectivity index (χ4n) is 4.38. The standard InChI is InChI=1S/C22H28N5O3.K/c1-22(2)18-19(25-12-26-21(18)24)16-8-7-15(30-14-5-3-13(23)4-6-14)11-17(16)20(22)27-29-10-9-28;/h7-8,11-14H,3-6,9-10,23H2,1-2H3,(H2,24,25,26);/q-1;+1/b27-20+;. The quantitative estimate of drug-likeness (QED) is 0.331. The van der Waals surface area contributed by atoms with Crippen LogP contribution in [0.5, 0.6) is 5.75 Å². The number of anilines is 1. The van der Waals surface area contributed by atoms with Crippen LogP contribution in [0.15, 0.2) is 29.7 Å². The molecule has 0 atom stereocenters. The Morgan fingerprint density at radius 1 is 1.16 bits per heavy atom. The first-order chi connectivity index (χ1) is 14.4.